The minimum atomic E-state index is 0.184. The van der Waals surface area contributed by atoms with Gasteiger partial charge in [0.05, 0.1) is 6.54 Å². The molecule has 0 aromatic heterocycles. The molecule has 0 bridgehead atoms. The van der Waals surface area contributed by atoms with Gasteiger partial charge in [0.25, 0.3) is 0 Å². The van der Waals surface area contributed by atoms with Crippen molar-refractivity contribution in [3.05, 3.63) is 27.7 Å². The Hall–Kier alpha value is -0.580. The third-order valence-electron chi connectivity index (χ3n) is 1.57. The molecule has 0 heterocycles. The van der Waals surface area contributed by atoms with Crippen LogP contribution in [0.1, 0.15) is 11.1 Å². The predicted molar refractivity (Wildman–Crippen MR) is 49.2 cm³/mol. The van der Waals surface area contributed by atoms with Gasteiger partial charge in [-0.25, -0.2) is 5.48 Å². The van der Waals surface area contributed by atoms with E-state index in [0.29, 0.717) is 5.56 Å². The van der Waals surface area contributed by atoms with Gasteiger partial charge in [0.1, 0.15) is 5.75 Å². The van der Waals surface area contributed by atoms with Crippen molar-refractivity contribution in [2.24, 2.45) is 0 Å². The average molecular weight is 232 g/mol. The molecule has 0 aliphatic rings. The van der Waals surface area contributed by atoms with Crippen LogP contribution in [-0.2, 0) is 6.54 Å². The molecule has 0 amide bonds. The molecule has 66 valence electrons. The molecule has 0 aliphatic heterocycles. The fraction of sp³-hybridized carbons (Fsp3) is 0.250. The van der Waals surface area contributed by atoms with Crippen LogP contribution < -0.4 is 5.48 Å². The molecule has 0 saturated heterocycles. The largest absolute Gasteiger partial charge is 0.508 e. The van der Waals surface area contributed by atoms with Gasteiger partial charge in [-0.2, -0.15) is 0 Å². The third-order valence-corrected chi connectivity index (χ3v) is 2.28. The second-order valence-corrected chi connectivity index (χ2v) is 3.43. The van der Waals surface area contributed by atoms with Crippen LogP contribution in [0.3, 0.4) is 0 Å². The van der Waals surface area contributed by atoms with Crippen molar-refractivity contribution in [2.75, 3.05) is 0 Å². The number of rotatable bonds is 2. The van der Waals surface area contributed by atoms with E-state index >= 15 is 0 Å². The first-order valence-corrected chi connectivity index (χ1v) is 4.29. The zero-order valence-corrected chi connectivity index (χ0v) is 8.22. The molecule has 0 spiro atoms. The van der Waals surface area contributed by atoms with Gasteiger partial charge < -0.3 is 10.3 Å². The molecule has 3 nitrogen and oxygen atoms in total. The summed E-state index contributed by atoms with van der Waals surface area (Å²) in [5.74, 6) is 0.184. The molecule has 0 atom stereocenters. The van der Waals surface area contributed by atoms with Gasteiger partial charge in [-0.3, -0.25) is 0 Å². The van der Waals surface area contributed by atoms with Crippen molar-refractivity contribution >= 4 is 15.9 Å². The molecular formula is C8H10BrNO2. The van der Waals surface area contributed by atoms with Crippen LogP contribution in [0.25, 0.3) is 0 Å². The van der Waals surface area contributed by atoms with E-state index in [1.54, 1.807) is 6.07 Å². The van der Waals surface area contributed by atoms with Gasteiger partial charge in [0, 0.05) is 10.0 Å². The number of phenols is 1. The minimum Gasteiger partial charge on any atom is -0.508 e. The van der Waals surface area contributed by atoms with E-state index < -0.39 is 0 Å². The van der Waals surface area contributed by atoms with Crippen molar-refractivity contribution < 1.29 is 10.3 Å². The summed E-state index contributed by atoms with van der Waals surface area (Å²) in [7, 11) is 0. The third kappa shape index (κ3) is 1.97. The van der Waals surface area contributed by atoms with Crippen LogP contribution in [0.15, 0.2) is 16.6 Å². The molecule has 0 fully saturated rings. The second kappa shape index (κ2) is 3.89. The maximum atomic E-state index is 9.42. The highest BCUT2D eigenvalue weighted by Crippen LogP contribution is 2.27. The average Bonchev–Trinajstić information content (AvgIpc) is 1.96. The Morgan fingerprint density at radius 3 is 2.67 bits per heavy atom. The van der Waals surface area contributed by atoms with Gasteiger partial charge in [0.15, 0.2) is 0 Å². The summed E-state index contributed by atoms with van der Waals surface area (Å²) < 4.78 is 0.793. The highest BCUT2D eigenvalue weighted by molar-refractivity contribution is 9.10. The van der Waals surface area contributed by atoms with Crippen LogP contribution in [0, 0.1) is 6.92 Å². The van der Waals surface area contributed by atoms with Crippen LogP contribution in [0.4, 0.5) is 0 Å². The summed E-state index contributed by atoms with van der Waals surface area (Å²) in [6.45, 7) is 2.12. The van der Waals surface area contributed by atoms with Crippen molar-refractivity contribution in [3.63, 3.8) is 0 Å². The van der Waals surface area contributed by atoms with E-state index in [2.05, 4.69) is 15.9 Å². The number of aryl methyl sites for hydroxylation is 1. The van der Waals surface area contributed by atoms with E-state index in [4.69, 9.17) is 5.21 Å². The Morgan fingerprint density at radius 2 is 2.17 bits per heavy atom. The quantitative estimate of drug-likeness (QED) is 0.683. The summed E-state index contributed by atoms with van der Waals surface area (Å²) in [5, 5.41) is 17.9. The van der Waals surface area contributed by atoms with Crippen molar-refractivity contribution in [1.29, 1.82) is 0 Å². The van der Waals surface area contributed by atoms with Crippen LogP contribution in [0.2, 0.25) is 0 Å². The van der Waals surface area contributed by atoms with E-state index in [-0.39, 0.29) is 12.3 Å². The zero-order chi connectivity index (χ0) is 9.14. The molecule has 0 unspecified atom stereocenters. The Bertz CT molecular complexity index is 265. The molecule has 1 aromatic rings. The topological polar surface area (TPSA) is 52.5 Å². The summed E-state index contributed by atoms with van der Waals surface area (Å²) >= 11 is 3.29. The van der Waals surface area contributed by atoms with Crippen LogP contribution >= 0.6 is 15.9 Å². The molecule has 1 aromatic carbocycles. The molecule has 12 heavy (non-hydrogen) atoms. The lowest BCUT2D eigenvalue weighted by Crippen LogP contribution is -2.06. The monoisotopic (exact) mass is 231 g/mol. The SMILES string of the molecule is Cc1cc(O)c(CNO)c(Br)c1. The normalized spacial score (nSPS) is 10.2. The van der Waals surface area contributed by atoms with E-state index in [1.807, 2.05) is 18.5 Å². The number of nitrogens with one attached hydrogen (secondary N) is 1. The van der Waals surface area contributed by atoms with Crippen molar-refractivity contribution in [1.82, 2.24) is 5.48 Å². The van der Waals surface area contributed by atoms with Gasteiger partial charge >= 0.3 is 0 Å². The zero-order valence-electron chi connectivity index (χ0n) is 6.63. The Labute approximate surface area is 79.1 Å². The standard InChI is InChI=1S/C8H10BrNO2/c1-5-2-7(9)6(4-10-12)8(11)3-5/h2-3,10-12H,4H2,1H3. The summed E-state index contributed by atoms with van der Waals surface area (Å²) in [6, 6.07) is 3.53. The number of benzene rings is 1. The number of hydrogen-bond acceptors (Lipinski definition) is 3. The molecular weight excluding hydrogens is 222 g/mol. The molecule has 0 saturated carbocycles. The highest BCUT2D eigenvalue weighted by atomic mass is 79.9. The van der Waals surface area contributed by atoms with E-state index in [1.165, 1.54) is 0 Å². The van der Waals surface area contributed by atoms with Gasteiger partial charge in [-0.05, 0) is 24.6 Å². The lowest BCUT2D eigenvalue weighted by Gasteiger charge is -2.06. The van der Waals surface area contributed by atoms with Gasteiger partial charge in [0.2, 0.25) is 0 Å². The Kier molecular flexibility index (Phi) is 3.08. The first-order chi connectivity index (χ1) is 5.65. The number of aromatic hydroxyl groups is 1. The van der Waals surface area contributed by atoms with Crippen LogP contribution in [-0.4, -0.2) is 10.3 Å². The Balaban J connectivity index is 3.10. The number of hydrogen-bond donors (Lipinski definition) is 3. The number of phenolic OH excluding ortho intramolecular Hbond substituents is 1. The summed E-state index contributed by atoms with van der Waals surface area (Å²) in [5.41, 5.74) is 3.62. The maximum Gasteiger partial charge on any atom is 0.121 e. The summed E-state index contributed by atoms with van der Waals surface area (Å²) in [4.78, 5) is 0. The first-order valence-electron chi connectivity index (χ1n) is 3.50. The minimum absolute atomic E-state index is 0.184. The smallest absolute Gasteiger partial charge is 0.121 e. The van der Waals surface area contributed by atoms with Crippen LogP contribution in [0.5, 0.6) is 5.75 Å². The maximum absolute atomic E-state index is 9.42. The fourth-order valence-electron chi connectivity index (χ4n) is 1.01. The van der Waals surface area contributed by atoms with Crippen molar-refractivity contribution in [2.45, 2.75) is 13.5 Å². The molecule has 0 aliphatic carbocycles. The van der Waals surface area contributed by atoms with Crippen molar-refractivity contribution in [3.8, 4) is 5.75 Å². The van der Waals surface area contributed by atoms with Gasteiger partial charge in [-0.1, -0.05) is 15.9 Å². The van der Waals surface area contributed by atoms with E-state index in [0.717, 1.165) is 10.0 Å². The molecule has 4 heteroatoms. The van der Waals surface area contributed by atoms with E-state index in [9.17, 15) is 5.11 Å². The first kappa shape index (κ1) is 9.51. The summed E-state index contributed by atoms with van der Waals surface area (Å²) in [6.07, 6.45) is 0. The Morgan fingerprint density at radius 1 is 1.50 bits per heavy atom. The lowest BCUT2D eigenvalue weighted by atomic mass is 10.1. The molecule has 1 rings (SSSR count). The number of hydroxylamine groups is 1. The second-order valence-electron chi connectivity index (χ2n) is 2.58. The molecule has 3 N–H and O–H groups in total. The lowest BCUT2D eigenvalue weighted by molar-refractivity contribution is 0.160. The highest BCUT2D eigenvalue weighted by Gasteiger charge is 2.05. The number of halogens is 1. The molecule has 0 radical (unpaired) electrons. The van der Waals surface area contributed by atoms with Gasteiger partial charge in [-0.15, -0.1) is 0 Å². The fourth-order valence-corrected chi connectivity index (χ4v) is 1.71. The predicted octanol–water partition coefficient (Wildman–Crippen LogP) is 1.94.